The summed E-state index contributed by atoms with van der Waals surface area (Å²) in [5.74, 6) is 0.0243. The maximum atomic E-state index is 11.7. The van der Waals surface area contributed by atoms with Gasteiger partial charge in [0.05, 0.1) is 5.69 Å². The molecule has 24 heavy (non-hydrogen) atoms. The smallest absolute Gasteiger partial charge is 0.260 e. The second-order valence-electron chi connectivity index (χ2n) is 6.59. The molecule has 0 radical (unpaired) electrons. The van der Waals surface area contributed by atoms with Gasteiger partial charge in [-0.15, -0.1) is 23.7 Å². The standard InChI is InChI=1S/C17H22N4OS.ClH/c18-13-12-10-5-1-2-6-11(10)14(9-4-3-7-20-8-9)21-17(12)23-15(13)16(19)22;/h9,20H,1-8,18H2,(H2,19,22);1H. The van der Waals surface area contributed by atoms with E-state index in [0.717, 1.165) is 36.1 Å². The third-order valence-corrected chi connectivity index (χ3v) is 6.25. The van der Waals surface area contributed by atoms with Gasteiger partial charge in [0.15, 0.2) is 0 Å². The lowest BCUT2D eigenvalue weighted by atomic mass is 9.83. The van der Waals surface area contributed by atoms with E-state index >= 15 is 0 Å². The number of anilines is 1. The predicted molar refractivity (Wildman–Crippen MR) is 101 cm³/mol. The van der Waals surface area contributed by atoms with Gasteiger partial charge in [-0.25, -0.2) is 4.98 Å². The highest BCUT2D eigenvalue weighted by atomic mass is 35.5. The first-order chi connectivity index (χ1) is 11.2. The summed E-state index contributed by atoms with van der Waals surface area (Å²) in [5, 5.41) is 4.48. The first-order valence-corrected chi connectivity index (χ1v) is 9.22. The topological polar surface area (TPSA) is 94.0 Å². The molecule has 1 fully saturated rings. The van der Waals surface area contributed by atoms with Crippen LogP contribution in [0, 0.1) is 0 Å². The third kappa shape index (κ3) is 2.76. The maximum Gasteiger partial charge on any atom is 0.260 e. The highest BCUT2D eigenvalue weighted by Gasteiger charge is 2.28. The van der Waals surface area contributed by atoms with Crippen LogP contribution < -0.4 is 16.8 Å². The summed E-state index contributed by atoms with van der Waals surface area (Å²) >= 11 is 1.35. The highest BCUT2D eigenvalue weighted by Crippen LogP contribution is 2.41. The average Bonchev–Trinajstić information content (AvgIpc) is 2.92. The summed E-state index contributed by atoms with van der Waals surface area (Å²) in [6.45, 7) is 2.09. The number of nitrogens with two attached hydrogens (primary N) is 2. The van der Waals surface area contributed by atoms with Crippen LogP contribution in [0.4, 0.5) is 5.69 Å². The van der Waals surface area contributed by atoms with Gasteiger partial charge < -0.3 is 16.8 Å². The number of pyridine rings is 1. The van der Waals surface area contributed by atoms with Crippen LogP contribution >= 0.6 is 23.7 Å². The largest absolute Gasteiger partial charge is 0.397 e. The minimum atomic E-state index is -0.448. The van der Waals surface area contributed by atoms with Crippen molar-refractivity contribution in [2.45, 2.75) is 44.4 Å². The van der Waals surface area contributed by atoms with Crippen LogP contribution in [0.2, 0.25) is 0 Å². The van der Waals surface area contributed by atoms with Crippen LogP contribution in [0.15, 0.2) is 0 Å². The second kappa shape index (κ2) is 6.86. The van der Waals surface area contributed by atoms with E-state index in [9.17, 15) is 4.79 Å². The molecular formula is C17H23ClN4OS. The molecule has 0 bridgehead atoms. The van der Waals surface area contributed by atoms with Gasteiger partial charge in [0, 0.05) is 23.5 Å². The van der Waals surface area contributed by atoms with Crippen LogP contribution in [-0.2, 0) is 12.8 Å². The normalized spacial score (nSPS) is 20.4. The summed E-state index contributed by atoms with van der Waals surface area (Å²) in [4.78, 5) is 18.0. The van der Waals surface area contributed by atoms with E-state index in [-0.39, 0.29) is 12.4 Å². The molecule has 1 saturated heterocycles. The summed E-state index contributed by atoms with van der Waals surface area (Å²) in [7, 11) is 0. The molecule has 1 aliphatic heterocycles. The van der Waals surface area contributed by atoms with Crippen molar-refractivity contribution in [1.82, 2.24) is 10.3 Å². The summed E-state index contributed by atoms with van der Waals surface area (Å²) in [6, 6.07) is 0. The number of amides is 1. The first-order valence-electron chi connectivity index (χ1n) is 8.41. The number of carbonyl (C=O) groups is 1. The van der Waals surface area contributed by atoms with E-state index in [0.29, 0.717) is 16.5 Å². The minimum Gasteiger partial charge on any atom is -0.397 e. The lowest BCUT2D eigenvalue weighted by Gasteiger charge is -2.27. The Morgan fingerprint density at radius 3 is 2.62 bits per heavy atom. The number of hydrogen-bond donors (Lipinski definition) is 3. The molecule has 1 unspecified atom stereocenters. The lowest BCUT2D eigenvalue weighted by Crippen LogP contribution is -2.30. The van der Waals surface area contributed by atoms with Gasteiger partial charge in [-0.2, -0.15) is 0 Å². The van der Waals surface area contributed by atoms with Crippen molar-refractivity contribution >= 4 is 45.6 Å². The molecule has 3 heterocycles. The van der Waals surface area contributed by atoms with Gasteiger partial charge in [0.2, 0.25) is 0 Å². The molecule has 1 atom stereocenters. The molecule has 7 heteroatoms. The van der Waals surface area contributed by atoms with Gasteiger partial charge in [-0.1, -0.05) is 0 Å². The summed E-state index contributed by atoms with van der Waals surface area (Å²) in [5.41, 5.74) is 16.2. The molecule has 0 spiro atoms. The van der Waals surface area contributed by atoms with E-state index in [1.54, 1.807) is 0 Å². The van der Waals surface area contributed by atoms with E-state index in [1.807, 2.05) is 0 Å². The number of piperidine rings is 1. The quantitative estimate of drug-likeness (QED) is 0.761. The van der Waals surface area contributed by atoms with Gasteiger partial charge >= 0.3 is 0 Å². The van der Waals surface area contributed by atoms with Crippen LogP contribution in [0.3, 0.4) is 0 Å². The number of fused-ring (bicyclic) bond motifs is 3. The molecule has 2 aliphatic rings. The van der Waals surface area contributed by atoms with E-state index in [2.05, 4.69) is 5.32 Å². The Bertz CT molecular complexity index is 783. The van der Waals surface area contributed by atoms with Crippen molar-refractivity contribution in [3.05, 3.63) is 21.7 Å². The van der Waals surface area contributed by atoms with Crippen molar-refractivity contribution in [3.63, 3.8) is 0 Å². The van der Waals surface area contributed by atoms with Gasteiger partial charge in [0.25, 0.3) is 5.91 Å². The number of thiophene rings is 1. The van der Waals surface area contributed by atoms with Gasteiger partial charge in [-0.3, -0.25) is 4.79 Å². The molecular weight excluding hydrogens is 344 g/mol. The molecule has 0 saturated carbocycles. The van der Waals surface area contributed by atoms with Gasteiger partial charge in [-0.05, 0) is 56.2 Å². The predicted octanol–water partition coefficient (Wildman–Crippen LogP) is 2.75. The van der Waals surface area contributed by atoms with E-state index < -0.39 is 5.91 Å². The fourth-order valence-electron chi connectivity index (χ4n) is 4.05. The van der Waals surface area contributed by atoms with Crippen LogP contribution in [0.1, 0.15) is 58.1 Å². The number of primary amides is 1. The summed E-state index contributed by atoms with van der Waals surface area (Å²) in [6.07, 6.45) is 6.86. The molecule has 0 aromatic carbocycles. The highest BCUT2D eigenvalue weighted by molar-refractivity contribution is 7.21. The molecule has 2 aromatic rings. The average molecular weight is 367 g/mol. The molecule has 1 amide bonds. The zero-order chi connectivity index (χ0) is 16.0. The molecule has 5 N–H and O–H groups in total. The number of nitrogens with one attached hydrogen (secondary N) is 1. The molecule has 1 aliphatic carbocycles. The van der Waals surface area contributed by atoms with Crippen molar-refractivity contribution in [1.29, 1.82) is 0 Å². The van der Waals surface area contributed by atoms with Crippen molar-refractivity contribution in [2.75, 3.05) is 18.8 Å². The Hall–Kier alpha value is -1.37. The fourth-order valence-corrected chi connectivity index (χ4v) is 5.03. The number of nitrogens with zero attached hydrogens (tertiary/aromatic N) is 1. The summed E-state index contributed by atoms with van der Waals surface area (Å²) < 4.78 is 0. The molecule has 2 aromatic heterocycles. The van der Waals surface area contributed by atoms with Crippen LogP contribution in [-0.4, -0.2) is 24.0 Å². The van der Waals surface area contributed by atoms with Crippen molar-refractivity contribution in [2.24, 2.45) is 5.73 Å². The Morgan fingerprint density at radius 1 is 1.21 bits per heavy atom. The molecule has 5 nitrogen and oxygen atoms in total. The zero-order valence-electron chi connectivity index (χ0n) is 13.6. The van der Waals surface area contributed by atoms with E-state index in [4.69, 9.17) is 16.5 Å². The number of aryl methyl sites for hydroxylation is 1. The Balaban J connectivity index is 0.00000169. The lowest BCUT2D eigenvalue weighted by molar-refractivity contribution is 0.100. The first kappa shape index (κ1) is 17.5. The zero-order valence-corrected chi connectivity index (χ0v) is 15.2. The van der Waals surface area contributed by atoms with Gasteiger partial charge in [0.1, 0.15) is 9.71 Å². The van der Waals surface area contributed by atoms with Crippen molar-refractivity contribution in [3.8, 4) is 0 Å². The number of hydrogen-bond acceptors (Lipinski definition) is 5. The van der Waals surface area contributed by atoms with E-state index in [1.165, 1.54) is 53.8 Å². The number of rotatable bonds is 2. The Kier molecular flexibility index (Phi) is 4.99. The maximum absolute atomic E-state index is 11.7. The second-order valence-corrected chi connectivity index (χ2v) is 7.59. The van der Waals surface area contributed by atoms with Crippen LogP contribution in [0.25, 0.3) is 10.2 Å². The number of carbonyl (C=O) groups excluding carboxylic acids is 1. The number of halogens is 1. The van der Waals surface area contributed by atoms with Crippen LogP contribution in [0.5, 0.6) is 0 Å². The monoisotopic (exact) mass is 366 g/mol. The Labute approximate surface area is 151 Å². The fraction of sp³-hybridized carbons (Fsp3) is 0.529. The van der Waals surface area contributed by atoms with Crippen molar-refractivity contribution < 1.29 is 4.79 Å². The number of aromatic nitrogens is 1. The molecule has 130 valence electrons. The number of nitrogen functional groups attached to an aromatic ring is 1. The third-order valence-electron chi connectivity index (χ3n) is 5.13. The SMILES string of the molecule is Cl.NC(=O)c1sc2nc(C3CCCNC3)c3c(c2c1N)CCCC3. The Morgan fingerprint density at radius 2 is 1.96 bits per heavy atom. The minimum absolute atomic E-state index is 0. The molecule has 4 rings (SSSR count).